The van der Waals surface area contributed by atoms with Crippen LogP contribution < -0.4 is 14.8 Å². The molecule has 0 saturated carbocycles. The molecule has 2 aromatic rings. The number of hydrogen-bond acceptors (Lipinski definition) is 6. The minimum absolute atomic E-state index is 0.0569. The molecule has 30 heavy (non-hydrogen) atoms. The summed E-state index contributed by atoms with van der Waals surface area (Å²) in [5.74, 6) is 1.71. The second-order valence-electron chi connectivity index (χ2n) is 7.57. The maximum Gasteiger partial charge on any atom is 0.262 e. The molecule has 10 heteroatoms. The Hall–Kier alpha value is -2.59. The van der Waals surface area contributed by atoms with Gasteiger partial charge in [0, 0.05) is 44.4 Å². The molecule has 0 spiro atoms. The molecular weight excluding hydrogens is 408 g/mol. The summed E-state index contributed by atoms with van der Waals surface area (Å²) in [6, 6.07) is 5.62. The predicted molar refractivity (Wildman–Crippen MR) is 109 cm³/mol. The van der Waals surface area contributed by atoms with Crippen LogP contribution in [-0.4, -0.2) is 54.5 Å². The van der Waals surface area contributed by atoms with Gasteiger partial charge in [-0.1, -0.05) is 12.1 Å². The Bertz CT molecular complexity index is 1020. The number of hydrogen-bond donors (Lipinski definition) is 1. The number of para-hydroxylation sites is 1. The van der Waals surface area contributed by atoms with Crippen LogP contribution in [0.5, 0.6) is 11.5 Å². The Morgan fingerprint density at radius 3 is 2.67 bits per heavy atom. The van der Waals surface area contributed by atoms with Crippen molar-refractivity contribution in [3.63, 3.8) is 0 Å². The zero-order chi connectivity index (χ0) is 21.3. The maximum absolute atomic E-state index is 12.8. The average Bonchev–Trinajstić information content (AvgIpc) is 3.11. The van der Waals surface area contributed by atoms with E-state index in [1.54, 1.807) is 18.5 Å². The quantitative estimate of drug-likeness (QED) is 0.759. The predicted octanol–water partition coefficient (Wildman–Crippen LogP) is 1.22. The van der Waals surface area contributed by atoms with Gasteiger partial charge >= 0.3 is 0 Å². The summed E-state index contributed by atoms with van der Waals surface area (Å²) in [5.41, 5.74) is 0.867. The van der Waals surface area contributed by atoms with Gasteiger partial charge in [0.05, 0.1) is 0 Å². The van der Waals surface area contributed by atoms with Gasteiger partial charge in [0.2, 0.25) is 5.91 Å². The van der Waals surface area contributed by atoms with E-state index in [4.69, 9.17) is 9.47 Å². The van der Waals surface area contributed by atoms with Crippen LogP contribution in [0, 0.1) is 12.8 Å². The smallest absolute Gasteiger partial charge is 0.262 e. The number of benzene rings is 1. The molecule has 2 aliphatic heterocycles. The molecule has 2 aliphatic rings. The van der Waals surface area contributed by atoms with Gasteiger partial charge in [-0.2, -0.15) is 4.31 Å². The number of fused-ring (bicyclic) bond motifs is 1. The zero-order valence-corrected chi connectivity index (χ0v) is 17.9. The van der Waals surface area contributed by atoms with Gasteiger partial charge in [-0.3, -0.25) is 4.79 Å². The molecule has 1 saturated heterocycles. The Balaban J connectivity index is 1.34. The molecule has 1 fully saturated rings. The van der Waals surface area contributed by atoms with Gasteiger partial charge in [-0.25, -0.2) is 13.4 Å². The molecule has 3 heterocycles. The first-order valence-corrected chi connectivity index (χ1v) is 11.5. The van der Waals surface area contributed by atoms with Crippen LogP contribution in [0.4, 0.5) is 0 Å². The van der Waals surface area contributed by atoms with Crippen molar-refractivity contribution in [2.75, 3.05) is 26.3 Å². The minimum Gasteiger partial charge on any atom is -0.486 e. The molecule has 0 bridgehead atoms. The molecule has 0 aliphatic carbocycles. The molecular formula is C20H26N4O5S. The average molecular weight is 435 g/mol. The van der Waals surface area contributed by atoms with E-state index in [2.05, 4.69) is 10.3 Å². The number of aromatic nitrogens is 2. The highest BCUT2D eigenvalue weighted by atomic mass is 32.2. The van der Waals surface area contributed by atoms with Crippen LogP contribution >= 0.6 is 0 Å². The topological polar surface area (TPSA) is 103 Å². The number of amides is 1. The number of rotatable bonds is 5. The van der Waals surface area contributed by atoms with Crippen LogP contribution in [0.2, 0.25) is 0 Å². The number of nitrogens with one attached hydrogen (secondary N) is 1. The van der Waals surface area contributed by atoms with Crippen molar-refractivity contribution in [2.45, 2.75) is 31.3 Å². The normalized spacial score (nSPS) is 17.7. The van der Waals surface area contributed by atoms with E-state index in [9.17, 15) is 13.2 Å². The number of ether oxygens (including phenoxy) is 2. The lowest BCUT2D eigenvalue weighted by atomic mass is 9.97. The fourth-order valence-electron chi connectivity index (χ4n) is 3.74. The zero-order valence-electron chi connectivity index (χ0n) is 17.1. The summed E-state index contributed by atoms with van der Waals surface area (Å²) < 4.78 is 39.9. The third-order valence-electron chi connectivity index (χ3n) is 5.62. The lowest BCUT2D eigenvalue weighted by Crippen LogP contribution is -2.43. The molecule has 4 rings (SSSR count). The Labute approximate surface area is 176 Å². The highest BCUT2D eigenvalue weighted by molar-refractivity contribution is 7.89. The molecule has 1 N–H and O–H groups in total. The lowest BCUT2D eigenvalue weighted by Gasteiger charge is -2.30. The van der Waals surface area contributed by atoms with Crippen molar-refractivity contribution in [3.8, 4) is 11.5 Å². The van der Waals surface area contributed by atoms with E-state index < -0.39 is 10.0 Å². The van der Waals surface area contributed by atoms with Gasteiger partial charge in [-0.05, 0) is 25.8 Å². The Morgan fingerprint density at radius 1 is 1.23 bits per heavy atom. The SMILES string of the molecule is Cc1nc(S(=O)(=O)N2CCC(C(=O)NCc3cccc4c3OCCO4)CC2)cn1C. The van der Waals surface area contributed by atoms with E-state index in [0.717, 1.165) is 5.56 Å². The first kappa shape index (κ1) is 20.7. The summed E-state index contributed by atoms with van der Waals surface area (Å²) in [5, 5.41) is 3.01. The van der Waals surface area contributed by atoms with Crippen LogP contribution in [0.3, 0.4) is 0 Å². The third-order valence-corrected chi connectivity index (χ3v) is 7.39. The van der Waals surface area contributed by atoms with E-state index in [0.29, 0.717) is 63.0 Å². The number of carbonyl (C=O) groups excluding carboxylic acids is 1. The second kappa shape index (κ2) is 8.27. The number of carbonyl (C=O) groups is 1. The molecule has 0 radical (unpaired) electrons. The molecule has 1 amide bonds. The van der Waals surface area contributed by atoms with Gasteiger partial charge in [0.1, 0.15) is 19.0 Å². The second-order valence-corrected chi connectivity index (χ2v) is 9.46. The van der Waals surface area contributed by atoms with E-state index in [1.165, 1.54) is 10.5 Å². The first-order chi connectivity index (χ1) is 14.4. The fraction of sp³-hybridized carbons (Fsp3) is 0.500. The van der Waals surface area contributed by atoms with Crippen molar-refractivity contribution in [3.05, 3.63) is 35.8 Å². The molecule has 0 atom stereocenters. The fourth-order valence-corrected chi connectivity index (χ4v) is 5.24. The monoisotopic (exact) mass is 434 g/mol. The van der Waals surface area contributed by atoms with Crippen LogP contribution in [0.1, 0.15) is 24.2 Å². The van der Waals surface area contributed by atoms with Crippen LogP contribution in [0.25, 0.3) is 0 Å². The number of aryl methyl sites for hydroxylation is 2. The molecule has 9 nitrogen and oxygen atoms in total. The standard InChI is InChI=1S/C20H26N4O5S/c1-14-22-18(13-23(14)2)30(26,27)24-8-6-15(7-9-24)20(25)21-12-16-4-3-5-17-19(16)29-11-10-28-17/h3-5,13,15H,6-12H2,1-2H3,(H,21,25). The van der Waals surface area contributed by atoms with Crippen molar-refractivity contribution < 1.29 is 22.7 Å². The number of piperidine rings is 1. The van der Waals surface area contributed by atoms with E-state index >= 15 is 0 Å². The number of sulfonamides is 1. The van der Waals surface area contributed by atoms with E-state index in [1.807, 2.05) is 18.2 Å². The maximum atomic E-state index is 12.8. The Kier molecular flexibility index (Phi) is 5.70. The van der Waals surface area contributed by atoms with Gasteiger partial charge < -0.3 is 19.4 Å². The van der Waals surface area contributed by atoms with E-state index in [-0.39, 0.29) is 16.9 Å². The van der Waals surface area contributed by atoms with Gasteiger partial charge in [-0.15, -0.1) is 0 Å². The lowest BCUT2D eigenvalue weighted by molar-refractivity contribution is -0.126. The number of nitrogens with zero attached hydrogens (tertiary/aromatic N) is 3. The summed E-state index contributed by atoms with van der Waals surface area (Å²) in [4.78, 5) is 16.8. The van der Waals surface area contributed by atoms with Crippen LogP contribution in [-0.2, 0) is 28.4 Å². The molecule has 1 aromatic heterocycles. The highest BCUT2D eigenvalue weighted by Crippen LogP contribution is 2.33. The van der Waals surface area contributed by atoms with Crippen molar-refractivity contribution in [1.29, 1.82) is 0 Å². The summed E-state index contributed by atoms with van der Waals surface area (Å²) >= 11 is 0. The van der Waals surface area contributed by atoms with Gasteiger partial charge in [0.25, 0.3) is 10.0 Å². The minimum atomic E-state index is -3.64. The molecule has 1 aromatic carbocycles. The summed E-state index contributed by atoms with van der Waals surface area (Å²) in [6.45, 7) is 3.71. The third kappa shape index (κ3) is 4.01. The van der Waals surface area contributed by atoms with Crippen LogP contribution in [0.15, 0.2) is 29.4 Å². The molecule has 0 unspecified atom stereocenters. The summed E-state index contributed by atoms with van der Waals surface area (Å²) in [6.07, 6.45) is 2.47. The first-order valence-electron chi connectivity index (χ1n) is 10.0. The van der Waals surface area contributed by atoms with Crippen molar-refractivity contribution in [1.82, 2.24) is 19.2 Å². The number of imidazole rings is 1. The van der Waals surface area contributed by atoms with Crippen molar-refractivity contribution in [2.24, 2.45) is 13.0 Å². The Morgan fingerprint density at radius 2 is 1.97 bits per heavy atom. The largest absolute Gasteiger partial charge is 0.486 e. The van der Waals surface area contributed by atoms with Crippen molar-refractivity contribution >= 4 is 15.9 Å². The van der Waals surface area contributed by atoms with Gasteiger partial charge in [0.15, 0.2) is 16.5 Å². The highest BCUT2D eigenvalue weighted by Gasteiger charge is 2.33. The summed E-state index contributed by atoms with van der Waals surface area (Å²) in [7, 11) is -1.88. The molecule has 162 valence electrons.